The predicted octanol–water partition coefficient (Wildman–Crippen LogP) is 2.35. The van der Waals surface area contributed by atoms with E-state index < -0.39 is 15.6 Å². The number of carbonyl (C=O) groups excluding carboxylic acids is 1. The topological polar surface area (TPSA) is 118 Å². The molecule has 10 heteroatoms. The van der Waals surface area contributed by atoms with Gasteiger partial charge >= 0.3 is 0 Å². The van der Waals surface area contributed by atoms with Gasteiger partial charge in [0, 0.05) is 24.2 Å². The van der Waals surface area contributed by atoms with Crippen molar-refractivity contribution in [3.8, 4) is 11.5 Å². The smallest absolute Gasteiger partial charge is 0.262 e. The van der Waals surface area contributed by atoms with Gasteiger partial charge in [-0.2, -0.15) is 0 Å². The van der Waals surface area contributed by atoms with Gasteiger partial charge in [0.15, 0.2) is 11.5 Å². The van der Waals surface area contributed by atoms with E-state index in [1.165, 1.54) is 12.1 Å². The lowest BCUT2D eigenvalue weighted by atomic mass is 9.94. The van der Waals surface area contributed by atoms with Gasteiger partial charge in [-0.25, -0.2) is 8.42 Å². The second kappa shape index (κ2) is 8.79. The Morgan fingerprint density at radius 3 is 2.72 bits per heavy atom. The van der Waals surface area contributed by atoms with Crippen LogP contribution >= 0.6 is 0 Å². The van der Waals surface area contributed by atoms with E-state index in [1.54, 1.807) is 12.1 Å². The lowest BCUT2D eigenvalue weighted by Crippen LogP contribution is -2.41. The van der Waals surface area contributed by atoms with Gasteiger partial charge in [-0.15, -0.1) is 0 Å². The third-order valence-corrected chi connectivity index (χ3v) is 6.72. The number of amides is 1. The molecule has 0 atom stereocenters. The summed E-state index contributed by atoms with van der Waals surface area (Å²) in [5.41, 5.74) is 0.840. The Morgan fingerprint density at radius 1 is 1.12 bits per heavy atom. The standard InChI is InChI=1S/C22H26N4O5S/c1-22(2,15-8-9-18-19(11-15)31-14-30-18)24-13-21(27)25-16-5-3-6-17(12-16)32(28,29)26-20-7-4-10-23-20/h3,5-6,8-9,11-12,24H,4,7,10,13-14H2,1-2H3,(H,23,26)(H,25,27). The number of ether oxygens (including phenoxy) is 2. The molecule has 3 N–H and O–H groups in total. The highest BCUT2D eigenvalue weighted by atomic mass is 32.2. The number of benzene rings is 2. The van der Waals surface area contributed by atoms with Crippen molar-refractivity contribution in [3.63, 3.8) is 0 Å². The van der Waals surface area contributed by atoms with Crippen LogP contribution in [0.4, 0.5) is 5.69 Å². The number of rotatable bonds is 7. The molecule has 0 radical (unpaired) electrons. The van der Waals surface area contributed by atoms with Crippen molar-refractivity contribution < 1.29 is 22.7 Å². The molecule has 2 aliphatic heterocycles. The molecular formula is C22H26N4O5S. The van der Waals surface area contributed by atoms with E-state index in [4.69, 9.17) is 9.47 Å². The van der Waals surface area contributed by atoms with Crippen LogP contribution in [0.5, 0.6) is 11.5 Å². The molecule has 0 aliphatic carbocycles. The Kier molecular flexibility index (Phi) is 6.07. The number of fused-ring (bicyclic) bond motifs is 1. The lowest BCUT2D eigenvalue weighted by Gasteiger charge is -2.27. The van der Waals surface area contributed by atoms with Crippen LogP contribution in [0, 0.1) is 0 Å². The molecular weight excluding hydrogens is 432 g/mol. The van der Waals surface area contributed by atoms with Crippen LogP contribution in [0.2, 0.25) is 0 Å². The number of aliphatic imine (C=N–C) groups is 1. The van der Waals surface area contributed by atoms with Gasteiger partial charge in [0.2, 0.25) is 12.7 Å². The zero-order chi connectivity index (χ0) is 22.8. The second-order valence-corrected chi connectivity index (χ2v) is 9.84. The molecule has 32 heavy (non-hydrogen) atoms. The Labute approximate surface area is 187 Å². The summed E-state index contributed by atoms with van der Waals surface area (Å²) in [4.78, 5) is 16.7. The number of nitrogens with one attached hydrogen (secondary N) is 3. The highest BCUT2D eigenvalue weighted by Gasteiger charge is 2.24. The molecule has 9 nitrogen and oxygen atoms in total. The van der Waals surface area contributed by atoms with E-state index in [-0.39, 0.29) is 24.1 Å². The number of hydrogen-bond acceptors (Lipinski definition) is 7. The fourth-order valence-electron chi connectivity index (χ4n) is 3.47. The largest absolute Gasteiger partial charge is 0.454 e. The maximum atomic E-state index is 12.6. The van der Waals surface area contributed by atoms with E-state index in [2.05, 4.69) is 20.3 Å². The van der Waals surface area contributed by atoms with Crippen molar-refractivity contribution in [1.82, 2.24) is 10.0 Å². The Morgan fingerprint density at radius 2 is 1.94 bits per heavy atom. The van der Waals surface area contributed by atoms with Gasteiger partial charge < -0.3 is 14.8 Å². The Balaban J connectivity index is 1.37. The first-order chi connectivity index (χ1) is 15.2. The van der Waals surface area contributed by atoms with Gasteiger partial charge in [-0.3, -0.25) is 19.8 Å². The van der Waals surface area contributed by atoms with Crippen LogP contribution in [0.25, 0.3) is 0 Å². The maximum Gasteiger partial charge on any atom is 0.262 e. The predicted molar refractivity (Wildman–Crippen MR) is 121 cm³/mol. The quantitative estimate of drug-likeness (QED) is 0.586. The molecule has 2 heterocycles. The molecule has 0 bridgehead atoms. The summed E-state index contributed by atoms with van der Waals surface area (Å²) in [7, 11) is -3.75. The van der Waals surface area contributed by atoms with Crippen LogP contribution < -0.4 is 24.8 Å². The van der Waals surface area contributed by atoms with E-state index in [1.807, 2.05) is 32.0 Å². The summed E-state index contributed by atoms with van der Waals surface area (Å²) < 4.78 is 38.4. The fourth-order valence-corrected chi connectivity index (χ4v) is 4.61. The monoisotopic (exact) mass is 458 g/mol. The van der Waals surface area contributed by atoms with Gasteiger partial charge in [0.25, 0.3) is 10.0 Å². The molecule has 0 unspecified atom stereocenters. The number of hydrogen-bond donors (Lipinski definition) is 3. The summed E-state index contributed by atoms with van der Waals surface area (Å²) in [5, 5.41) is 5.97. The number of carbonyl (C=O) groups is 1. The van der Waals surface area contributed by atoms with Crippen molar-refractivity contribution in [2.45, 2.75) is 37.1 Å². The van der Waals surface area contributed by atoms with Crippen molar-refractivity contribution in [2.75, 3.05) is 25.2 Å². The molecule has 4 rings (SSSR count). The summed E-state index contributed by atoms with van der Waals surface area (Å²) in [6, 6.07) is 11.8. The molecule has 0 spiro atoms. The zero-order valence-corrected chi connectivity index (χ0v) is 18.8. The fraction of sp³-hybridized carbons (Fsp3) is 0.364. The molecule has 0 fully saturated rings. The van der Waals surface area contributed by atoms with Gasteiger partial charge in [-0.1, -0.05) is 12.1 Å². The molecule has 2 aromatic carbocycles. The van der Waals surface area contributed by atoms with E-state index in [0.717, 1.165) is 12.0 Å². The lowest BCUT2D eigenvalue weighted by molar-refractivity contribution is -0.115. The first kappa shape index (κ1) is 22.1. The summed E-state index contributed by atoms with van der Waals surface area (Å²) in [5.74, 6) is 1.56. The minimum atomic E-state index is -3.75. The highest BCUT2D eigenvalue weighted by Crippen LogP contribution is 2.35. The summed E-state index contributed by atoms with van der Waals surface area (Å²) >= 11 is 0. The minimum absolute atomic E-state index is 0.0352. The molecule has 170 valence electrons. The first-order valence-electron chi connectivity index (χ1n) is 10.3. The van der Waals surface area contributed by atoms with Crippen LogP contribution in [0.3, 0.4) is 0 Å². The van der Waals surface area contributed by atoms with Crippen LogP contribution in [0.15, 0.2) is 52.4 Å². The first-order valence-corrected chi connectivity index (χ1v) is 11.8. The number of amidine groups is 1. The molecule has 0 saturated carbocycles. The average Bonchev–Trinajstić information content (AvgIpc) is 3.43. The highest BCUT2D eigenvalue weighted by molar-refractivity contribution is 7.90. The van der Waals surface area contributed by atoms with Crippen LogP contribution in [0.1, 0.15) is 32.3 Å². The van der Waals surface area contributed by atoms with Crippen molar-refractivity contribution in [3.05, 3.63) is 48.0 Å². The van der Waals surface area contributed by atoms with Crippen molar-refractivity contribution in [2.24, 2.45) is 4.99 Å². The van der Waals surface area contributed by atoms with E-state index >= 15 is 0 Å². The number of nitrogens with zero attached hydrogens (tertiary/aromatic N) is 1. The van der Waals surface area contributed by atoms with E-state index in [0.29, 0.717) is 36.0 Å². The Bertz CT molecular complexity index is 1160. The number of anilines is 1. The van der Waals surface area contributed by atoms with Crippen LogP contribution in [-0.2, 0) is 20.4 Å². The van der Waals surface area contributed by atoms with Crippen molar-refractivity contribution >= 4 is 27.5 Å². The Hall–Kier alpha value is -3.11. The molecule has 2 aromatic rings. The summed E-state index contributed by atoms with van der Waals surface area (Å²) in [6.45, 7) is 4.79. The average molecular weight is 459 g/mol. The van der Waals surface area contributed by atoms with Gasteiger partial charge in [-0.05, 0) is 56.2 Å². The maximum absolute atomic E-state index is 12.6. The normalized spacial score (nSPS) is 15.4. The number of sulfonamides is 1. The van der Waals surface area contributed by atoms with Crippen molar-refractivity contribution in [1.29, 1.82) is 0 Å². The third-order valence-electron chi connectivity index (χ3n) is 5.34. The second-order valence-electron chi connectivity index (χ2n) is 8.16. The minimum Gasteiger partial charge on any atom is -0.454 e. The van der Waals surface area contributed by atoms with Gasteiger partial charge in [0.1, 0.15) is 5.84 Å². The molecule has 0 saturated heterocycles. The molecule has 1 amide bonds. The van der Waals surface area contributed by atoms with Gasteiger partial charge in [0.05, 0.1) is 11.4 Å². The van der Waals surface area contributed by atoms with Crippen LogP contribution in [-0.4, -0.2) is 40.0 Å². The SMILES string of the molecule is CC(C)(NCC(=O)Nc1cccc(S(=O)(=O)NC2=NCCC2)c1)c1ccc2c(c1)OCO2. The molecule has 0 aromatic heterocycles. The third kappa shape index (κ3) is 5.03. The summed E-state index contributed by atoms with van der Waals surface area (Å²) in [6.07, 6.45) is 1.45. The van der Waals surface area contributed by atoms with E-state index in [9.17, 15) is 13.2 Å². The molecule has 2 aliphatic rings. The zero-order valence-electron chi connectivity index (χ0n) is 18.0.